The van der Waals surface area contributed by atoms with Crippen molar-refractivity contribution in [1.29, 1.82) is 0 Å². The van der Waals surface area contributed by atoms with Crippen LogP contribution in [0.15, 0.2) is 18.2 Å². The zero-order valence-corrected chi connectivity index (χ0v) is 10.7. The Bertz CT molecular complexity index is 378. The quantitative estimate of drug-likeness (QED) is 0.873. The van der Waals surface area contributed by atoms with E-state index >= 15 is 0 Å². The van der Waals surface area contributed by atoms with Crippen molar-refractivity contribution in [3.05, 3.63) is 29.6 Å². The van der Waals surface area contributed by atoms with Gasteiger partial charge in [0.1, 0.15) is 0 Å². The molecule has 1 N–H and O–H groups in total. The second kappa shape index (κ2) is 6.71. The summed E-state index contributed by atoms with van der Waals surface area (Å²) in [6.07, 6.45) is 1.99. The van der Waals surface area contributed by atoms with Gasteiger partial charge in [0.25, 0.3) is 0 Å². The zero-order valence-electron chi connectivity index (χ0n) is 10.7. The van der Waals surface area contributed by atoms with Gasteiger partial charge in [-0.1, -0.05) is 12.1 Å². The topological polar surface area (TPSA) is 30.5 Å². The summed E-state index contributed by atoms with van der Waals surface area (Å²) < 4.78 is 24.7. The van der Waals surface area contributed by atoms with Crippen molar-refractivity contribution in [3.63, 3.8) is 0 Å². The number of nitrogens with one attached hydrogen (secondary N) is 1. The third-order valence-corrected chi connectivity index (χ3v) is 3.22. The van der Waals surface area contributed by atoms with Crippen molar-refractivity contribution in [2.24, 2.45) is 5.92 Å². The largest absolute Gasteiger partial charge is 0.490 e. The molecule has 100 valence electrons. The van der Waals surface area contributed by atoms with Crippen LogP contribution in [0.1, 0.15) is 18.4 Å². The number of ether oxygens (including phenoxy) is 2. The molecule has 0 bridgehead atoms. The summed E-state index contributed by atoms with van der Waals surface area (Å²) in [6, 6.07) is 5.04. The van der Waals surface area contributed by atoms with E-state index in [9.17, 15) is 4.39 Å². The highest BCUT2D eigenvalue weighted by Crippen LogP contribution is 2.24. The first-order valence-corrected chi connectivity index (χ1v) is 6.44. The molecular formula is C14H20FNO2. The molecule has 4 heteroatoms. The maximum absolute atomic E-state index is 13.8. The van der Waals surface area contributed by atoms with Crippen LogP contribution in [0.2, 0.25) is 0 Å². The van der Waals surface area contributed by atoms with Gasteiger partial charge in [0, 0.05) is 25.3 Å². The highest BCUT2D eigenvalue weighted by atomic mass is 19.1. The van der Waals surface area contributed by atoms with Gasteiger partial charge in [0.2, 0.25) is 0 Å². The standard InChI is InChI=1S/C14H20FNO2/c1-16-9-12-3-2-4-13(15)14(12)18-10-11-5-7-17-8-6-11/h2-4,11,16H,5-10H2,1H3. The molecule has 0 amide bonds. The predicted molar refractivity (Wildman–Crippen MR) is 68.2 cm³/mol. The Morgan fingerprint density at radius 1 is 1.39 bits per heavy atom. The van der Waals surface area contributed by atoms with Crippen LogP contribution in [0, 0.1) is 11.7 Å². The highest BCUT2D eigenvalue weighted by molar-refractivity contribution is 5.34. The minimum Gasteiger partial charge on any atom is -0.490 e. The molecular weight excluding hydrogens is 233 g/mol. The Hall–Kier alpha value is -1.13. The second-order valence-corrected chi connectivity index (χ2v) is 4.63. The van der Waals surface area contributed by atoms with Gasteiger partial charge in [-0.05, 0) is 31.9 Å². The Labute approximate surface area is 107 Å². The predicted octanol–water partition coefficient (Wildman–Crippen LogP) is 2.35. The molecule has 1 aliphatic heterocycles. The van der Waals surface area contributed by atoms with E-state index in [1.54, 1.807) is 6.07 Å². The van der Waals surface area contributed by atoms with E-state index in [0.717, 1.165) is 31.6 Å². The molecule has 1 fully saturated rings. The molecule has 0 aromatic heterocycles. The Kier molecular flexibility index (Phi) is 4.96. The van der Waals surface area contributed by atoms with Crippen LogP contribution < -0.4 is 10.1 Å². The first-order valence-electron chi connectivity index (χ1n) is 6.44. The van der Waals surface area contributed by atoms with Gasteiger partial charge in [0.05, 0.1) is 6.61 Å². The molecule has 2 rings (SSSR count). The normalized spacial score (nSPS) is 16.8. The average molecular weight is 253 g/mol. The van der Waals surface area contributed by atoms with Gasteiger partial charge >= 0.3 is 0 Å². The first kappa shape index (κ1) is 13.3. The summed E-state index contributed by atoms with van der Waals surface area (Å²) >= 11 is 0. The third-order valence-electron chi connectivity index (χ3n) is 3.22. The fraction of sp³-hybridized carbons (Fsp3) is 0.571. The van der Waals surface area contributed by atoms with Crippen LogP contribution in [0.5, 0.6) is 5.75 Å². The lowest BCUT2D eigenvalue weighted by Crippen LogP contribution is -2.22. The summed E-state index contributed by atoms with van der Waals surface area (Å²) in [7, 11) is 1.84. The third kappa shape index (κ3) is 3.43. The molecule has 1 saturated heterocycles. The van der Waals surface area contributed by atoms with Gasteiger partial charge < -0.3 is 14.8 Å². The summed E-state index contributed by atoms with van der Waals surface area (Å²) in [5, 5.41) is 3.02. The lowest BCUT2D eigenvalue weighted by molar-refractivity contribution is 0.0490. The molecule has 0 atom stereocenters. The van der Waals surface area contributed by atoms with Crippen LogP contribution in [0.3, 0.4) is 0 Å². The molecule has 0 saturated carbocycles. The van der Waals surface area contributed by atoms with E-state index in [-0.39, 0.29) is 5.82 Å². The van der Waals surface area contributed by atoms with Gasteiger partial charge in [0.15, 0.2) is 11.6 Å². The summed E-state index contributed by atoms with van der Waals surface area (Å²) in [5.41, 5.74) is 0.865. The molecule has 0 spiro atoms. The van der Waals surface area contributed by atoms with E-state index in [1.165, 1.54) is 6.07 Å². The van der Waals surface area contributed by atoms with Crippen LogP contribution in [-0.4, -0.2) is 26.9 Å². The molecule has 3 nitrogen and oxygen atoms in total. The van der Waals surface area contributed by atoms with Crippen molar-refractivity contribution in [2.45, 2.75) is 19.4 Å². The van der Waals surface area contributed by atoms with E-state index < -0.39 is 0 Å². The SMILES string of the molecule is CNCc1cccc(F)c1OCC1CCOCC1. The van der Waals surface area contributed by atoms with Gasteiger partial charge in [-0.2, -0.15) is 0 Å². The maximum atomic E-state index is 13.8. The second-order valence-electron chi connectivity index (χ2n) is 4.63. The summed E-state index contributed by atoms with van der Waals surface area (Å²) in [5.74, 6) is 0.578. The van der Waals surface area contributed by atoms with E-state index in [2.05, 4.69) is 5.32 Å². The van der Waals surface area contributed by atoms with Crippen LogP contribution >= 0.6 is 0 Å². The first-order chi connectivity index (χ1) is 8.81. The zero-order chi connectivity index (χ0) is 12.8. The van der Waals surface area contributed by atoms with Crippen molar-refractivity contribution >= 4 is 0 Å². The lowest BCUT2D eigenvalue weighted by atomic mass is 10.0. The average Bonchev–Trinajstić information content (AvgIpc) is 2.40. The van der Waals surface area contributed by atoms with E-state index in [4.69, 9.17) is 9.47 Å². The number of para-hydroxylation sites is 1. The lowest BCUT2D eigenvalue weighted by Gasteiger charge is -2.23. The van der Waals surface area contributed by atoms with Crippen molar-refractivity contribution in [2.75, 3.05) is 26.9 Å². The molecule has 18 heavy (non-hydrogen) atoms. The maximum Gasteiger partial charge on any atom is 0.165 e. The molecule has 0 unspecified atom stereocenters. The highest BCUT2D eigenvalue weighted by Gasteiger charge is 2.16. The summed E-state index contributed by atoms with van der Waals surface area (Å²) in [4.78, 5) is 0. The number of hydrogen-bond acceptors (Lipinski definition) is 3. The van der Waals surface area contributed by atoms with E-state index in [1.807, 2.05) is 13.1 Å². The number of halogens is 1. The molecule has 1 aromatic rings. The molecule has 1 aliphatic rings. The number of benzene rings is 1. The minimum atomic E-state index is -0.283. The Morgan fingerprint density at radius 3 is 2.89 bits per heavy atom. The van der Waals surface area contributed by atoms with Crippen molar-refractivity contribution in [3.8, 4) is 5.75 Å². The molecule has 0 aliphatic carbocycles. The van der Waals surface area contributed by atoms with Crippen LogP contribution in [0.4, 0.5) is 4.39 Å². The van der Waals surface area contributed by atoms with Crippen molar-refractivity contribution in [1.82, 2.24) is 5.32 Å². The monoisotopic (exact) mass is 253 g/mol. The van der Waals surface area contributed by atoms with Crippen LogP contribution in [0.25, 0.3) is 0 Å². The fourth-order valence-electron chi connectivity index (χ4n) is 2.16. The minimum absolute atomic E-state index is 0.283. The van der Waals surface area contributed by atoms with E-state index in [0.29, 0.717) is 24.8 Å². The Morgan fingerprint density at radius 2 is 2.17 bits per heavy atom. The number of hydrogen-bond donors (Lipinski definition) is 1. The van der Waals surface area contributed by atoms with Gasteiger partial charge in [-0.3, -0.25) is 0 Å². The molecule has 0 radical (unpaired) electrons. The Balaban J connectivity index is 1.98. The van der Waals surface area contributed by atoms with Crippen LogP contribution in [-0.2, 0) is 11.3 Å². The molecule has 1 aromatic carbocycles. The van der Waals surface area contributed by atoms with Gasteiger partial charge in [-0.25, -0.2) is 4.39 Å². The number of rotatable bonds is 5. The van der Waals surface area contributed by atoms with Crippen molar-refractivity contribution < 1.29 is 13.9 Å². The fourth-order valence-corrected chi connectivity index (χ4v) is 2.16. The summed E-state index contributed by atoms with van der Waals surface area (Å²) in [6.45, 7) is 2.76. The smallest absolute Gasteiger partial charge is 0.165 e. The van der Waals surface area contributed by atoms with Gasteiger partial charge in [-0.15, -0.1) is 0 Å². The molecule has 1 heterocycles.